The molecule has 1 saturated heterocycles. The molecule has 0 spiro atoms. The fraction of sp³-hybridized carbons (Fsp3) is 0.667. The second-order valence-corrected chi connectivity index (χ2v) is 5.54. The lowest BCUT2D eigenvalue weighted by atomic mass is 9.99. The van der Waals surface area contributed by atoms with Crippen LogP contribution in [0.25, 0.3) is 0 Å². The summed E-state index contributed by atoms with van der Waals surface area (Å²) in [7, 11) is 0. The van der Waals surface area contributed by atoms with E-state index in [-0.39, 0.29) is 5.91 Å². The smallest absolute Gasteiger partial charge is 0.274 e. The molecule has 0 saturated carbocycles. The first-order valence-corrected chi connectivity index (χ1v) is 7.56. The molecule has 0 atom stereocenters. The van der Waals surface area contributed by atoms with Crippen molar-refractivity contribution in [3.8, 4) is 0 Å². The maximum absolute atomic E-state index is 12.3. The van der Waals surface area contributed by atoms with Crippen molar-refractivity contribution in [1.29, 1.82) is 0 Å². The third kappa shape index (κ3) is 3.92. The molecule has 0 unspecified atom stereocenters. The second-order valence-electron chi connectivity index (χ2n) is 5.54. The molecule has 1 aliphatic heterocycles. The zero-order valence-electron chi connectivity index (χ0n) is 12.4. The molecule has 5 nitrogen and oxygen atoms in total. The van der Waals surface area contributed by atoms with E-state index >= 15 is 0 Å². The molecule has 2 rings (SSSR count). The third-order valence-electron chi connectivity index (χ3n) is 3.78. The van der Waals surface area contributed by atoms with Crippen LogP contribution in [0, 0.1) is 5.92 Å². The summed E-state index contributed by atoms with van der Waals surface area (Å²) in [5.74, 6) is 1.46. The Morgan fingerprint density at radius 2 is 2.10 bits per heavy atom. The number of nitrogens with one attached hydrogen (secondary N) is 1. The van der Waals surface area contributed by atoms with Crippen molar-refractivity contribution in [2.75, 3.05) is 25.0 Å². The van der Waals surface area contributed by atoms with Gasteiger partial charge in [0, 0.05) is 19.6 Å². The predicted octanol–water partition coefficient (Wildman–Crippen LogP) is 2.56. The van der Waals surface area contributed by atoms with Gasteiger partial charge in [-0.05, 0) is 25.2 Å². The van der Waals surface area contributed by atoms with E-state index in [1.807, 2.05) is 4.90 Å². The summed E-state index contributed by atoms with van der Waals surface area (Å²) in [5, 5.41) is 3.20. The van der Waals surface area contributed by atoms with Crippen molar-refractivity contribution < 1.29 is 4.79 Å². The number of unbranched alkanes of at least 4 members (excludes halogenated alkanes) is 1. The van der Waals surface area contributed by atoms with E-state index in [1.54, 1.807) is 12.4 Å². The zero-order chi connectivity index (χ0) is 14.4. The van der Waals surface area contributed by atoms with Gasteiger partial charge in [0.1, 0.15) is 11.5 Å². The van der Waals surface area contributed by atoms with Crippen LogP contribution in [0.15, 0.2) is 12.4 Å². The number of nitrogens with zero attached hydrogens (tertiary/aromatic N) is 3. The van der Waals surface area contributed by atoms with Crippen LogP contribution in [0.5, 0.6) is 0 Å². The van der Waals surface area contributed by atoms with Gasteiger partial charge in [-0.15, -0.1) is 0 Å². The van der Waals surface area contributed by atoms with Crippen LogP contribution in [-0.2, 0) is 0 Å². The molecule has 0 aromatic carbocycles. The van der Waals surface area contributed by atoms with E-state index < -0.39 is 0 Å². The van der Waals surface area contributed by atoms with Gasteiger partial charge in [-0.3, -0.25) is 4.79 Å². The Morgan fingerprint density at radius 1 is 1.35 bits per heavy atom. The van der Waals surface area contributed by atoms with Gasteiger partial charge in [0.2, 0.25) is 0 Å². The van der Waals surface area contributed by atoms with E-state index in [2.05, 4.69) is 29.1 Å². The predicted molar refractivity (Wildman–Crippen MR) is 79.7 cm³/mol. The molecule has 1 aliphatic rings. The Balaban J connectivity index is 1.90. The summed E-state index contributed by atoms with van der Waals surface area (Å²) in [6, 6.07) is 0. The third-order valence-corrected chi connectivity index (χ3v) is 3.78. The van der Waals surface area contributed by atoms with E-state index in [0.29, 0.717) is 5.69 Å². The van der Waals surface area contributed by atoms with Gasteiger partial charge in [0.15, 0.2) is 0 Å². The summed E-state index contributed by atoms with van der Waals surface area (Å²) in [6.07, 6.45) is 7.63. The highest BCUT2D eigenvalue weighted by Gasteiger charge is 2.22. The Morgan fingerprint density at radius 3 is 2.70 bits per heavy atom. The van der Waals surface area contributed by atoms with Gasteiger partial charge in [0.05, 0.1) is 12.4 Å². The highest BCUT2D eigenvalue weighted by Crippen LogP contribution is 2.17. The van der Waals surface area contributed by atoms with E-state index in [9.17, 15) is 4.79 Å². The Kier molecular flexibility index (Phi) is 5.32. The van der Waals surface area contributed by atoms with Gasteiger partial charge in [-0.2, -0.15) is 0 Å². The lowest BCUT2D eigenvalue weighted by Crippen LogP contribution is -2.38. The fourth-order valence-electron chi connectivity index (χ4n) is 2.30. The van der Waals surface area contributed by atoms with Crippen LogP contribution < -0.4 is 5.32 Å². The molecule has 0 aliphatic carbocycles. The first-order valence-electron chi connectivity index (χ1n) is 7.56. The number of amides is 1. The molecular formula is C15H24N4O. The number of piperidine rings is 1. The first kappa shape index (κ1) is 14.8. The standard InChI is InChI=1S/C15H24N4O/c1-3-4-7-16-14-11-17-13(10-18-14)15(20)19-8-5-12(2)6-9-19/h10-12H,3-9H2,1-2H3,(H,16,18). The minimum absolute atomic E-state index is 0.00417. The van der Waals surface area contributed by atoms with Crippen LogP contribution in [0.1, 0.15) is 50.0 Å². The zero-order valence-corrected chi connectivity index (χ0v) is 12.4. The number of hydrogen-bond acceptors (Lipinski definition) is 4. The second kappa shape index (κ2) is 7.22. The van der Waals surface area contributed by atoms with Crippen LogP contribution in [0.4, 0.5) is 5.82 Å². The molecule has 20 heavy (non-hydrogen) atoms. The number of carbonyl (C=O) groups excluding carboxylic acids is 1. The van der Waals surface area contributed by atoms with E-state index in [4.69, 9.17) is 0 Å². The summed E-state index contributed by atoms with van der Waals surface area (Å²) in [5.41, 5.74) is 0.445. The van der Waals surface area contributed by atoms with Crippen LogP contribution in [-0.4, -0.2) is 40.4 Å². The fourth-order valence-corrected chi connectivity index (χ4v) is 2.30. The highest BCUT2D eigenvalue weighted by atomic mass is 16.2. The summed E-state index contributed by atoms with van der Waals surface area (Å²) in [6.45, 7) is 6.94. The minimum Gasteiger partial charge on any atom is -0.369 e. The van der Waals surface area contributed by atoms with Crippen molar-refractivity contribution in [1.82, 2.24) is 14.9 Å². The van der Waals surface area contributed by atoms with E-state index in [0.717, 1.165) is 57.1 Å². The van der Waals surface area contributed by atoms with Gasteiger partial charge in [-0.1, -0.05) is 20.3 Å². The maximum atomic E-state index is 12.3. The molecule has 1 aromatic rings. The number of hydrogen-bond donors (Lipinski definition) is 1. The van der Waals surface area contributed by atoms with E-state index in [1.165, 1.54) is 0 Å². The topological polar surface area (TPSA) is 58.1 Å². The quantitative estimate of drug-likeness (QED) is 0.840. The van der Waals surface area contributed by atoms with Crippen molar-refractivity contribution in [3.05, 3.63) is 18.1 Å². The Bertz CT molecular complexity index is 424. The molecule has 1 N–H and O–H groups in total. The number of carbonyl (C=O) groups is 1. The van der Waals surface area contributed by atoms with Gasteiger partial charge >= 0.3 is 0 Å². The summed E-state index contributed by atoms with van der Waals surface area (Å²) < 4.78 is 0. The van der Waals surface area contributed by atoms with Crippen molar-refractivity contribution >= 4 is 11.7 Å². The van der Waals surface area contributed by atoms with Gasteiger partial charge in [0.25, 0.3) is 5.91 Å². The highest BCUT2D eigenvalue weighted by molar-refractivity contribution is 5.92. The minimum atomic E-state index is 0.00417. The van der Waals surface area contributed by atoms with Crippen molar-refractivity contribution in [2.45, 2.75) is 39.5 Å². The van der Waals surface area contributed by atoms with Crippen LogP contribution in [0.3, 0.4) is 0 Å². The molecule has 1 amide bonds. The lowest BCUT2D eigenvalue weighted by molar-refractivity contribution is 0.0691. The molecule has 2 heterocycles. The number of likely N-dealkylation sites (tertiary alicyclic amines) is 1. The average Bonchev–Trinajstić information content (AvgIpc) is 2.48. The summed E-state index contributed by atoms with van der Waals surface area (Å²) >= 11 is 0. The normalized spacial score (nSPS) is 16.2. The van der Waals surface area contributed by atoms with Crippen molar-refractivity contribution in [3.63, 3.8) is 0 Å². The SMILES string of the molecule is CCCCNc1cnc(C(=O)N2CCC(C)CC2)cn1. The number of rotatable bonds is 5. The molecular weight excluding hydrogens is 252 g/mol. The van der Waals surface area contributed by atoms with Crippen LogP contribution in [0.2, 0.25) is 0 Å². The monoisotopic (exact) mass is 276 g/mol. The largest absolute Gasteiger partial charge is 0.369 e. The lowest BCUT2D eigenvalue weighted by Gasteiger charge is -2.29. The Labute approximate surface area is 120 Å². The number of anilines is 1. The summed E-state index contributed by atoms with van der Waals surface area (Å²) in [4.78, 5) is 22.7. The molecule has 0 bridgehead atoms. The molecule has 1 fully saturated rings. The van der Waals surface area contributed by atoms with Crippen molar-refractivity contribution in [2.24, 2.45) is 5.92 Å². The maximum Gasteiger partial charge on any atom is 0.274 e. The number of aromatic nitrogens is 2. The molecule has 110 valence electrons. The first-order chi connectivity index (χ1) is 9.70. The van der Waals surface area contributed by atoms with Gasteiger partial charge in [-0.25, -0.2) is 9.97 Å². The van der Waals surface area contributed by atoms with Crippen LogP contribution >= 0.6 is 0 Å². The molecule has 0 radical (unpaired) electrons. The average molecular weight is 276 g/mol. The molecule has 5 heteroatoms. The molecule has 1 aromatic heterocycles. The Hall–Kier alpha value is -1.65. The van der Waals surface area contributed by atoms with Gasteiger partial charge < -0.3 is 10.2 Å².